The van der Waals surface area contributed by atoms with E-state index in [0.717, 1.165) is 25.7 Å². The number of hydrogen-bond donors (Lipinski definition) is 1. The molecule has 0 unspecified atom stereocenters. The second-order valence-corrected chi connectivity index (χ2v) is 8.70. The molecule has 1 amide bonds. The van der Waals surface area contributed by atoms with Crippen molar-refractivity contribution in [3.05, 3.63) is 54.1 Å². The van der Waals surface area contributed by atoms with Crippen LogP contribution in [0.1, 0.15) is 43.0 Å². The van der Waals surface area contributed by atoms with Crippen molar-refractivity contribution < 1.29 is 17.9 Å². The molecule has 1 N–H and O–H groups in total. The zero-order valence-electron chi connectivity index (χ0n) is 16.1. The fourth-order valence-electron chi connectivity index (χ4n) is 3.24. The van der Waals surface area contributed by atoms with Crippen molar-refractivity contribution >= 4 is 21.6 Å². The molecule has 0 spiro atoms. The van der Waals surface area contributed by atoms with Crippen molar-refractivity contribution in [3.8, 4) is 5.75 Å². The minimum Gasteiger partial charge on any atom is -0.494 e. The van der Waals surface area contributed by atoms with E-state index in [2.05, 4.69) is 5.32 Å². The summed E-state index contributed by atoms with van der Waals surface area (Å²) in [7, 11) is -3.49. The van der Waals surface area contributed by atoms with Crippen molar-refractivity contribution in [2.45, 2.75) is 37.5 Å². The number of hydrogen-bond acceptors (Lipinski definition) is 4. The van der Waals surface area contributed by atoms with Gasteiger partial charge in [0.05, 0.1) is 11.5 Å². The van der Waals surface area contributed by atoms with Gasteiger partial charge in [0.25, 0.3) is 5.91 Å². The topological polar surface area (TPSA) is 75.7 Å². The number of carbonyl (C=O) groups excluding carboxylic acids is 1. The first-order valence-electron chi connectivity index (χ1n) is 9.65. The number of nitrogens with zero attached hydrogens (tertiary/aromatic N) is 1. The summed E-state index contributed by atoms with van der Waals surface area (Å²) in [6.45, 7) is 3.54. The molecular weight excluding hydrogens is 376 g/mol. The first-order valence-corrected chi connectivity index (χ1v) is 11.1. The van der Waals surface area contributed by atoms with Gasteiger partial charge in [-0.1, -0.05) is 18.9 Å². The Morgan fingerprint density at radius 1 is 1.04 bits per heavy atom. The van der Waals surface area contributed by atoms with Gasteiger partial charge >= 0.3 is 0 Å². The summed E-state index contributed by atoms with van der Waals surface area (Å²) in [5.74, 6) is 0.360. The van der Waals surface area contributed by atoms with Crippen LogP contribution in [-0.4, -0.2) is 38.3 Å². The quantitative estimate of drug-likeness (QED) is 0.795. The van der Waals surface area contributed by atoms with Crippen molar-refractivity contribution in [3.63, 3.8) is 0 Å². The van der Waals surface area contributed by atoms with E-state index in [4.69, 9.17) is 4.74 Å². The molecule has 2 aromatic carbocycles. The molecule has 2 aromatic rings. The average Bonchev–Trinajstić information content (AvgIpc) is 2.99. The predicted octanol–water partition coefficient (Wildman–Crippen LogP) is 3.90. The molecule has 28 heavy (non-hydrogen) atoms. The van der Waals surface area contributed by atoms with Crippen LogP contribution in [0.3, 0.4) is 0 Å². The van der Waals surface area contributed by atoms with Gasteiger partial charge in [0.1, 0.15) is 5.75 Å². The molecule has 150 valence electrons. The van der Waals surface area contributed by atoms with Crippen LogP contribution in [0, 0.1) is 0 Å². The molecule has 1 saturated heterocycles. The van der Waals surface area contributed by atoms with Crippen LogP contribution < -0.4 is 10.1 Å². The molecule has 1 heterocycles. The van der Waals surface area contributed by atoms with Crippen LogP contribution in [0.4, 0.5) is 5.69 Å². The van der Waals surface area contributed by atoms with Gasteiger partial charge in [-0.05, 0) is 62.2 Å². The van der Waals surface area contributed by atoms with E-state index in [9.17, 15) is 13.2 Å². The first-order chi connectivity index (χ1) is 13.5. The SMILES string of the molecule is CCOc1cccc(C(=O)Nc2ccc(S(=O)(=O)N3CCCCCC3)cc2)c1. The zero-order chi connectivity index (χ0) is 20.0. The summed E-state index contributed by atoms with van der Waals surface area (Å²) in [5, 5.41) is 2.79. The van der Waals surface area contributed by atoms with Gasteiger partial charge in [0.15, 0.2) is 0 Å². The lowest BCUT2D eigenvalue weighted by molar-refractivity contribution is 0.102. The Bertz CT molecular complexity index is 902. The summed E-state index contributed by atoms with van der Waals surface area (Å²) in [6, 6.07) is 13.3. The van der Waals surface area contributed by atoms with Gasteiger partial charge in [0.2, 0.25) is 10.0 Å². The van der Waals surface area contributed by atoms with Crippen LogP contribution in [0.2, 0.25) is 0 Å². The number of sulfonamides is 1. The number of benzene rings is 2. The molecule has 6 nitrogen and oxygen atoms in total. The summed E-state index contributed by atoms with van der Waals surface area (Å²) < 4.78 is 32.6. The van der Waals surface area contributed by atoms with Crippen molar-refractivity contribution in [1.29, 1.82) is 0 Å². The van der Waals surface area contributed by atoms with E-state index in [0.29, 0.717) is 36.7 Å². The Hall–Kier alpha value is -2.38. The van der Waals surface area contributed by atoms with Crippen LogP contribution >= 0.6 is 0 Å². The molecule has 1 aliphatic rings. The summed E-state index contributed by atoms with van der Waals surface area (Å²) in [4.78, 5) is 12.7. The highest BCUT2D eigenvalue weighted by Gasteiger charge is 2.25. The minimum absolute atomic E-state index is 0.255. The van der Waals surface area contributed by atoms with E-state index in [1.807, 2.05) is 6.92 Å². The third-order valence-corrected chi connectivity index (χ3v) is 6.64. The van der Waals surface area contributed by atoms with Crippen molar-refractivity contribution in [2.75, 3.05) is 25.0 Å². The molecule has 0 aromatic heterocycles. The van der Waals surface area contributed by atoms with Gasteiger partial charge in [-0.2, -0.15) is 4.31 Å². The second-order valence-electron chi connectivity index (χ2n) is 6.76. The number of amides is 1. The summed E-state index contributed by atoms with van der Waals surface area (Å²) in [5.41, 5.74) is 1.02. The normalized spacial score (nSPS) is 15.6. The summed E-state index contributed by atoms with van der Waals surface area (Å²) >= 11 is 0. The van der Waals surface area contributed by atoms with Crippen LogP contribution in [0.5, 0.6) is 5.75 Å². The zero-order valence-corrected chi connectivity index (χ0v) is 16.9. The molecular formula is C21H26N2O4S. The van der Waals surface area contributed by atoms with E-state index >= 15 is 0 Å². The van der Waals surface area contributed by atoms with Gasteiger partial charge < -0.3 is 10.1 Å². The van der Waals surface area contributed by atoms with E-state index in [1.54, 1.807) is 52.8 Å². The standard InChI is InChI=1S/C21H26N2O4S/c1-2-27-19-9-7-8-17(16-19)21(24)22-18-10-12-20(13-11-18)28(25,26)23-14-5-3-4-6-15-23/h7-13,16H,2-6,14-15H2,1H3,(H,22,24). The summed E-state index contributed by atoms with van der Waals surface area (Å²) in [6.07, 6.45) is 3.94. The molecule has 0 saturated carbocycles. The highest BCUT2D eigenvalue weighted by Crippen LogP contribution is 2.22. The Morgan fingerprint density at radius 2 is 1.71 bits per heavy atom. The number of ether oxygens (including phenoxy) is 1. The fraction of sp³-hybridized carbons (Fsp3) is 0.381. The maximum Gasteiger partial charge on any atom is 0.255 e. The smallest absolute Gasteiger partial charge is 0.255 e. The lowest BCUT2D eigenvalue weighted by atomic mass is 10.2. The molecule has 0 radical (unpaired) electrons. The van der Waals surface area contributed by atoms with Gasteiger partial charge in [-0.3, -0.25) is 4.79 Å². The first kappa shape index (κ1) is 20.4. The van der Waals surface area contributed by atoms with E-state index in [-0.39, 0.29) is 10.8 Å². The van der Waals surface area contributed by atoms with E-state index in [1.165, 1.54) is 0 Å². The molecule has 0 aliphatic carbocycles. The van der Waals surface area contributed by atoms with Gasteiger partial charge in [0, 0.05) is 24.3 Å². The number of rotatable bonds is 6. The van der Waals surface area contributed by atoms with Crippen LogP contribution in [0.25, 0.3) is 0 Å². The maximum atomic E-state index is 12.8. The predicted molar refractivity (Wildman–Crippen MR) is 109 cm³/mol. The minimum atomic E-state index is -3.49. The Labute approximate surface area is 166 Å². The van der Waals surface area contributed by atoms with Crippen molar-refractivity contribution in [1.82, 2.24) is 4.31 Å². The molecule has 7 heteroatoms. The van der Waals surface area contributed by atoms with Gasteiger partial charge in [-0.25, -0.2) is 8.42 Å². The number of nitrogens with one attached hydrogen (secondary N) is 1. The van der Waals surface area contributed by atoms with Crippen molar-refractivity contribution in [2.24, 2.45) is 0 Å². The van der Waals surface area contributed by atoms with E-state index < -0.39 is 10.0 Å². The Morgan fingerprint density at radius 3 is 2.36 bits per heavy atom. The lowest BCUT2D eigenvalue weighted by Crippen LogP contribution is -2.31. The number of anilines is 1. The average molecular weight is 403 g/mol. The molecule has 1 aliphatic heterocycles. The third kappa shape index (κ3) is 4.91. The van der Waals surface area contributed by atoms with Crippen LogP contribution in [0.15, 0.2) is 53.4 Å². The molecule has 0 bridgehead atoms. The Kier molecular flexibility index (Phi) is 6.70. The largest absolute Gasteiger partial charge is 0.494 e. The monoisotopic (exact) mass is 402 g/mol. The second kappa shape index (κ2) is 9.21. The Balaban J connectivity index is 1.70. The third-order valence-electron chi connectivity index (χ3n) is 4.72. The van der Waals surface area contributed by atoms with Gasteiger partial charge in [-0.15, -0.1) is 0 Å². The number of carbonyl (C=O) groups is 1. The van der Waals surface area contributed by atoms with Crippen LogP contribution in [-0.2, 0) is 10.0 Å². The highest BCUT2D eigenvalue weighted by molar-refractivity contribution is 7.89. The fourth-order valence-corrected chi connectivity index (χ4v) is 4.76. The lowest BCUT2D eigenvalue weighted by Gasteiger charge is -2.20. The molecule has 0 atom stereocenters. The maximum absolute atomic E-state index is 12.8. The molecule has 1 fully saturated rings. The molecule has 3 rings (SSSR count). The highest BCUT2D eigenvalue weighted by atomic mass is 32.2.